The molecule has 1 fully saturated rings. The van der Waals surface area contributed by atoms with Crippen molar-refractivity contribution >= 4 is 5.91 Å². The second-order valence-corrected chi connectivity index (χ2v) is 5.15. The normalized spacial score (nSPS) is 18.2. The van der Waals surface area contributed by atoms with Gasteiger partial charge in [0.1, 0.15) is 5.54 Å². The molecule has 0 spiro atoms. The first kappa shape index (κ1) is 15.8. The van der Waals surface area contributed by atoms with Crippen molar-refractivity contribution in [1.82, 2.24) is 9.80 Å². The lowest BCUT2D eigenvalue weighted by Crippen LogP contribution is -2.55. The fraction of sp³-hybridized carbons (Fsp3) is 0.833. The van der Waals surface area contributed by atoms with Gasteiger partial charge in [-0.15, -0.1) is 0 Å². The van der Waals surface area contributed by atoms with Gasteiger partial charge in [0, 0.05) is 32.6 Å². The number of alkyl halides is 3. The van der Waals surface area contributed by atoms with Crippen LogP contribution in [0.25, 0.3) is 0 Å². The number of halogens is 3. The van der Waals surface area contributed by atoms with E-state index in [1.807, 2.05) is 4.90 Å². The molecule has 1 saturated heterocycles. The van der Waals surface area contributed by atoms with Gasteiger partial charge in [-0.05, 0) is 13.8 Å². The third-order valence-electron chi connectivity index (χ3n) is 3.32. The Morgan fingerprint density at radius 2 is 1.74 bits per heavy atom. The third-order valence-corrected chi connectivity index (χ3v) is 3.32. The Hall–Kier alpha value is -1.29. The number of rotatable bonds is 3. The van der Waals surface area contributed by atoms with E-state index in [1.165, 1.54) is 4.90 Å². The van der Waals surface area contributed by atoms with Crippen molar-refractivity contribution in [3.8, 4) is 6.07 Å². The molecule has 0 aromatic rings. The minimum Gasteiger partial charge on any atom is -0.340 e. The number of amides is 1. The summed E-state index contributed by atoms with van der Waals surface area (Å²) < 4.78 is 36.1. The molecule has 1 amide bonds. The van der Waals surface area contributed by atoms with Crippen LogP contribution < -0.4 is 0 Å². The summed E-state index contributed by atoms with van der Waals surface area (Å²) in [6, 6.07) is 2.17. The molecule has 0 bridgehead atoms. The van der Waals surface area contributed by atoms with Crippen LogP contribution in [0.1, 0.15) is 26.7 Å². The first-order valence-electron chi connectivity index (χ1n) is 6.16. The van der Waals surface area contributed by atoms with Gasteiger partial charge in [0.2, 0.25) is 5.91 Å². The predicted octanol–water partition coefficient (Wildman–Crippen LogP) is 1.78. The number of hydrogen-bond donors (Lipinski definition) is 0. The molecule has 0 unspecified atom stereocenters. The number of nitrogens with zero attached hydrogens (tertiary/aromatic N) is 3. The van der Waals surface area contributed by atoms with Crippen LogP contribution in [0.3, 0.4) is 0 Å². The lowest BCUT2D eigenvalue weighted by atomic mass is 10.0. The molecule has 1 aliphatic heterocycles. The van der Waals surface area contributed by atoms with E-state index in [4.69, 9.17) is 5.26 Å². The molecule has 4 nitrogen and oxygen atoms in total. The van der Waals surface area contributed by atoms with Crippen LogP contribution in [0.15, 0.2) is 0 Å². The number of piperazine rings is 1. The van der Waals surface area contributed by atoms with Crippen LogP contribution in [-0.2, 0) is 4.79 Å². The Morgan fingerprint density at radius 1 is 1.21 bits per heavy atom. The van der Waals surface area contributed by atoms with Crippen molar-refractivity contribution in [2.75, 3.05) is 26.2 Å². The molecule has 1 heterocycles. The topological polar surface area (TPSA) is 47.3 Å². The molecule has 0 atom stereocenters. The average molecular weight is 277 g/mol. The van der Waals surface area contributed by atoms with Crippen LogP contribution in [-0.4, -0.2) is 53.6 Å². The SMILES string of the molecule is CC(C)(C#N)N1CCN(C(=O)CCC(F)(F)F)CC1. The summed E-state index contributed by atoms with van der Waals surface area (Å²) in [6.07, 6.45) is -5.86. The molecule has 0 saturated carbocycles. The minimum absolute atomic E-state index is 0.377. The van der Waals surface area contributed by atoms with Crippen molar-refractivity contribution < 1.29 is 18.0 Å². The standard InChI is InChI=1S/C12H18F3N3O/c1-11(2,9-16)18-7-5-17(6-8-18)10(19)3-4-12(13,14)15/h3-8H2,1-2H3. The zero-order valence-corrected chi connectivity index (χ0v) is 11.1. The first-order valence-corrected chi connectivity index (χ1v) is 6.16. The lowest BCUT2D eigenvalue weighted by molar-refractivity contribution is -0.150. The average Bonchev–Trinajstić information content (AvgIpc) is 2.35. The quantitative estimate of drug-likeness (QED) is 0.790. The molecular formula is C12H18F3N3O. The summed E-state index contributed by atoms with van der Waals surface area (Å²) in [7, 11) is 0. The maximum atomic E-state index is 12.0. The van der Waals surface area contributed by atoms with Crippen molar-refractivity contribution in [2.45, 2.75) is 38.4 Å². The molecule has 0 radical (unpaired) electrons. The van der Waals surface area contributed by atoms with Gasteiger partial charge in [0.15, 0.2) is 0 Å². The summed E-state index contributed by atoms with van der Waals surface area (Å²) in [5.74, 6) is -0.466. The Bertz CT molecular complexity index is 365. The van der Waals surface area contributed by atoms with Gasteiger partial charge >= 0.3 is 6.18 Å². The summed E-state index contributed by atoms with van der Waals surface area (Å²) in [5, 5.41) is 9.00. The van der Waals surface area contributed by atoms with Gasteiger partial charge in [0.25, 0.3) is 0 Å². The highest BCUT2D eigenvalue weighted by Gasteiger charge is 2.33. The minimum atomic E-state index is -4.29. The van der Waals surface area contributed by atoms with Crippen molar-refractivity contribution in [3.63, 3.8) is 0 Å². The molecule has 1 rings (SSSR count). The summed E-state index contributed by atoms with van der Waals surface area (Å²) >= 11 is 0. The van der Waals surface area contributed by atoms with E-state index in [0.29, 0.717) is 26.2 Å². The predicted molar refractivity (Wildman–Crippen MR) is 63.1 cm³/mol. The van der Waals surface area contributed by atoms with Gasteiger partial charge in [-0.1, -0.05) is 0 Å². The number of nitriles is 1. The van der Waals surface area contributed by atoms with Crippen LogP contribution in [0.2, 0.25) is 0 Å². The van der Waals surface area contributed by atoms with E-state index in [-0.39, 0.29) is 0 Å². The van der Waals surface area contributed by atoms with Crippen LogP contribution >= 0.6 is 0 Å². The van der Waals surface area contributed by atoms with E-state index in [2.05, 4.69) is 6.07 Å². The smallest absolute Gasteiger partial charge is 0.340 e. The van der Waals surface area contributed by atoms with E-state index < -0.39 is 30.5 Å². The molecule has 7 heteroatoms. The number of carbonyl (C=O) groups is 1. The molecule has 19 heavy (non-hydrogen) atoms. The molecule has 0 aliphatic carbocycles. The third kappa shape index (κ3) is 4.71. The van der Waals surface area contributed by atoms with E-state index in [0.717, 1.165) is 0 Å². The molecule has 1 aliphatic rings. The molecule has 0 aromatic heterocycles. The zero-order valence-electron chi connectivity index (χ0n) is 11.1. The highest BCUT2D eigenvalue weighted by molar-refractivity contribution is 5.76. The molecule has 108 valence electrons. The van der Waals surface area contributed by atoms with Crippen molar-refractivity contribution in [1.29, 1.82) is 5.26 Å². The van der Waals surface area contributed by atoms with Crippen molar-refractivity contribution in [3.05, 3.63) is 0 Å². The second kappa shape index (κ2) is 5.78. The summed E-state index contributed by atoms with van der Waals surface area (Å²) in [4.78, 5) is 15.0. The summed E-state index contributed by atoms with van der Waals surface area (Å²) in [6.45, 7) is 5.35. The molecule has 0 aromatic carbocycles. The van der Waals surface area contributed by atoms with E-state index >= 15 is 0 Å². The van der Waals surface area contributed by atoms with E-state index in [1.54, 1.807) is 13.8 Å². The highest BCUT2D eigenvalue weighted by Crippen LogP contribution is 2.22. The Balaban J connectivity index is 2.42. The van der Waals surface area contributed by atoms with Gasteiger partial charge in [-0.25, -0.2) is 0 Å². The second-order valence-electron chi connectivity index (χ2n) is 5.15. The maximum Gasteiger partial charge on any atom is 0.389 e. The fourth-order valence-electron chi connectivity index (χ4n) is 1.99. The van der Waals surface area contributed by atoms with Gasteiger partial charge in [-0.3, -0.25) is 9.69 Å². The lowest BCUT2D eigenvalue weighted by Gasteiger charge is -2.40. The maximum absolute atomic E-state index is 12.0. The Labute approximate surface area is 110 Å². The summed E-state index contributed by atoms with van der Waals surface area (Å²) in [5.41, 5.74) is -0.610. The monoisotopic (exact) mass is 277 g/mol. The first-order chi connectivity index (χ1) is 8.65. The van der Waals surface area contributed by atoms with Crippen LogP contribution in [0, 0.1) is 11.3 Å². The van der Waals surface area contributed by atoms with Gasteiger partial charge < -0.3 is 4.90 Å². The van der Waals surface area contributed by atoms with Gasteiger partial charge in [-0.2, -0.15) is 18.4 Å². The van der Waals surface area contributed by atoms with Crippen LogP contribution in [0.5, 0.6) is 0 Å². The Kier molecular flexibility index (Phi) is 4.80. The molecular weight excluding hydrogens is 259 g/mol. The van der Waals surface area contributed by atoms with Gasteiger partial charge in [0.05, 0.1) is 12.5 Å². The number of hydrogen-bond acceptors (Lipinski definition) is 3. The largest absolute Gasteiger partial charge is 0.389 e. The van der Waals surface area contributed by atoms with E-state index in [9.17, 15) is 18.0 Å². The zero-order chi connectivity index (χ0) is 14.7. The van der Waals surface area contributed by atoms with Crippen molar-refractivity contribution in [2.24, 2.45) is 0 Å². The molecule has 0 N–H and O–H groups in total. The number of carbonyl (C=O) groups excluding carboxylic acids is 1. The fourth-order valence-corrected chi connectivity index (χ4v) is 1.99. The Morgan fingerprint density at radius 3 is 2.16 bits per heavy atom. The van der Waals surface area contributed by atoms with Crippen LogP contribution in [0.4, 0.5) is 13.2 Å². The highest BCUT2D eigenvalue weighted by atomic mass is 19.4.